The third kappa shape index (κ3) is 3.41. The van der Waals surface area contributed by atoms with Gasteiger partial charge in [-0.1, -0.05) is 20.8 Å². The van der Waals surface area contributed by atoms with Gasteiger partial charge in [-0.3, -0.25) is 9.78 Å². The summed E-state index contributed by atoms with van der Waals surface area (Å²) in [5.41, 5.74) is 2.62. The van der Waals surface area contributed by atoms with Crippen molar-refractivity contribution in [1.29, 1.82) is 0 Å². The minimum atomic E-state index is -0.181. The molecule has 4 heteroatoms. The molecule has 2 rings (SSSR count). The summed E-state index contributed by atoms with van der Waals surface area (Å²) < 4.78 is 0. The number of pyridine rings is 1. The van der Waals surface area contributed by atoms with Crippen LogP contribution in [0.15, 0.2) is 24.5 Å². The molecule has 1 aliphatic rings. The van der Waals surface area contributed by atoms with Gasteiger partial charge in [-0.15, -0.1) is 0 Å². The van der Waals surface area contributed by atoms with E-state index in [1.54, 1.807) is 11.1 Å². The zero-order chi connectivity index (χ0) is 17.6. The van der Waals surface area contributed by atoms with Gasteiger partial charge < -0.3 is 9.80 Å². The molecule has 0 fully saturated rings. The summed E-state index contributed by atoms with van der Waals surface area (Å²) in [4.78, 5) is 21.4. The predicted octanol–water partition coefficient (Wildman–Crippen LogP) is 3.68. The molecule has 0 aromatic carbocycles. The lowest BCUT2D eigenvalue weighted by Gasteiger charge is -2.50. The Labute approximate surface area is 140 Å². The number of hydrogen-bond donors (Lipinski definition) is 0. The maximum Gasteiger partial charge on any atom is 0.250 e. The SMILES string of the molecule is Cc1cc(C2=CN(C(C)(C)C)C(C(C)(C)C)C(=O)N2C)ccn1. The van der Waals surface area contributed by atoms with Crippen LogP contribution in [-0.4, -0.2) is 39.3 Å². The van der Waals surface area contributed by atoms with Crippen molar-refractivity contribution in [3.8, 4) is 0 Å². The van der Waals surface area contributed by atoms with Crippen molar-refractivity contribution in [2.75, 3.05) is 7.05 Å². The molecule has 1 unspecified atom stereocenters. The van der Waals surface area contributed by atoms with E-state index < -0.39 is 0 Å². The highest BCUT2D eigenvalue weighted by molar-refractivity contribution is 5.93. The third-order valence-electron chi connectivity index (χ3n) is 4.25. The highest BCUT2D eigenvalue weighted by atomic mass is 16.2. The van der Waals surface area contributed by atoms with Gasteiger partial charge in [0.1, 0.15) is 6.04 Å². The number of likely N-dealkylation sites (N-methyl/N-ethyl adjacent to an activating group) is 1. The number of hydrogen-bond acceptors (Lipinski definition) is 3. The number of nitrogens with zero attached hydrogens (tertiary/aromatic N) is 3. The molecule has 126 valence electrons. The van der Waals surface area contributed by atoms with E-state index in [0.717, 1.165) is 17.0 Å². The Hall–Kier alpha value is -1.84. The van der Waals surface area contributed by atoms with Crippen LogP contribution in [0.5, 0.6) is 0 Å². The van der Waals surface area contributed by atoms with E-state index in [0.29, 0.717) is 0 Å². The standard InChI is InChI=1S/C19H29N3O/c1-13-11-14(9-10-20-13)15-12-22(19(5,6)7)16(18(2,3)4)17(23)21(15)8/h9-12,16H,1-8H3. The van der Waals surface area contributed by atoms with E-state index in [4.69, 9.17) is 0 Å². The normalized spacial score (nSPS) is 19.9. The summed E-state index contributed by atoms with van der Waals surface area (Å²) >= 11 is 0. The van der Waals surface area contributed by atoms with Crippen LogP contribution in [0.1, 0.15) is 52.8 Å². The molecule has 0 saturated heterocycles. The monoisotopic (exact) mass is 315 g/mol. The number of rotatable bonds is 1. The Morgan fingerprint density at radius 3 is 2.22 bits per heavy atom. The maximum atomic E-state index is 13.1. The summed E-state index contributed by atoms with van der Waals surface area (Å²) in [6.07, 6.45) is 3.92. The molecule has 0 saturated carbocycles. The molecule has 2 heterocycles. The second kappa shape index (κ2) is 5.66. The molecule has 4 nitrogen and oxygen atoms in total. The molecule has 1 amide bonds. The minimum absolute atomic E-state index is 0.137. The van der Waals surface area contributed by atoms with Crippen LogP contribution in [0, 0.1) is 12.3 Å². The fourth-order valence-corrected chi connectivity index (χ4v) is 3.06. The van der Waals surface area contributed by atoms with Crippen molar-refractivity contribution >= 4 is 11.6 Å². The molecular formula is C19H29N3O. The number of carbonyl (C=O) groups excluding carboxylic acids is 1. The molecular weight excluding hydrogens is 286 g/mol. The first-order valence-electron chi connectivity index (χ1n) is 8.14. The van der Waals surface area contributed by atoms with Gasteiger partial charge in [0.25, 0.3) is 0 Å². The first kappa shape index (κ1) is 17.5. The van der Waals surface area contributed by atoms with E-state index in [-0.39, 0.29) is 22.9 Å². The van der Waals surface area contributed by atoms with Gasteiger partial charge in [-0.05, 0) is 45.2 Å². The molecule has 0 radical (unpaired) electrons. The average Bonchev–Trinajstić information content (AvgIpc) is 2.38. The van der Waals surface area contributed by atoms with Gasteiger partial charge in [0.15, 0.2) is 0 Å². The van der Waals surface area contributed by atoms with E-state index in [1.807, 2.05) is 26.1 Å². The molecule has 0 spiro atoms. The van der Waals surface area contributed by atoms with Crippen LogP contribution in [0.3, 0.4) is 0 Å². The largest absolute Gasteiger partial charge is 0.358 e. The summed E-state index contributed by atoms with van der Waals surface area (Å²) in [5.74, 6) is 0.138. The van der Waals surface area contributed by atoms with Crippen molar-refractivity contribution in [3.05, 3.63) is 35.8 Å². The van der Waals surface area contributed by atoms with E-state index >= 15 is 0 Å². The van der Waals surface area contributed by atoms with Crippen LogP contribution in [0.2, 0.25) is 0 Å². The Balaban J connectivity index is 2.61. The highest BCUT2D eigenvalue weighted by Gasteiger charge is 2.44. The molecule has 23 heavy (non-hydrogen) atoms. The zero-order valence-electron chi connectivity index (χ0n) is 15.6. The first-order valence-corrected chi connectivity index (χ1v) is 8.14. The average molecular weight is 315 g/mol. The van der Waals surface area contributed by atoms with E-state index in [1.165, 1.54) is 0 Å². The van der Waals surface area contributed by atoms with Gasteiger partial charge in [0, 0.05) is 36.2 Å². The fraction of sp³-hybridized carbons (Fsp3) is 0.579. The highest BCUT2D eigenvalue weighted by Crippen LogP contribution is 2.37. The smallest absolute Gasteiger partial charge is 0.250 e. The van der Waals surface area contributed by atoms with Gasteiger partial charge in [0.2, 0.25) is 5.91 Å². The third-order valence-corrected chi connectivity index (χ3v) is 4.25. The quantitative estimate of drug-likeness (QED) is 0.793. The van der Waals surface area contributed by atoms with E-state index in [9.17, 15) is 4.79 Å². The zero-order valence-corrected chi connectivity index (χ0v) is 15.6. The van der Waals surface area contributed by atoms with Gasteiger partial charge >= 0.3 is 0 Å². The van der Waals surface area contributed by atoms with Gasteiger partial charge in [-0.25, -0.2) is 0 Å². The maximum absolute atomic E-state index is 13.1. The second-order valence-corrected chi connectivity index (χ2v) is 8.44. The molecule has 1 aromatic rings. The Morgan fingerprint density at radius 2 is 1.74 bits per heavy atom. The van der Waals surface area contributed by atoms with E-state index in [2.05, 4.69) is 57.6 Å². The molecule has 1 aromatic heterocycles. The first-order chi connectivity index (χ1) is 10.4. The topological polar surface area (TPSA) is 36.4 Å². The Kier molecular flexibility index (Phi) is 4.31. The van der Waals surface area contributed by atoms with Gasteiger partial charge in [0.05, 0.1) is 5.70 Å². The molecule has 0 N–H and O–H groups in total. The predicted molar refractivity (Wildman–Crippen MR) is 94.6 cm³/mol. The van der Waals surface area contributed by atoms with Crippen LogP contribution >= 0.6 is 0 Å². The molecule has 0 bridgehead atoms. The lowest BCUT2D eigenvalue weighted by atomic mass is 9.81. The van der Waals surface area contributed by atoms with Gasteiger partial charge in [-0.2, -0.15) is 0 Å². The van der Waals surface area contributed by atoms with Crippen molar-refractivity contribution in [2.24, 2.45) is 5.41 Å². The molecule has 1 atom stereocenters. The molecule has 1 aliphatic heterocycles. The van der Waals surface area contributed by atoms with Crippen molar-refractivity contribution in [2.45, 2.75) is 60.0 Å². The summed E-state index contributed by atoms with van der Waals surface area (Å²) in [6, 6.07) is 3.80. The lowest BCUT2D eigenvalue weighted by Crippen LogP contribution is -2.60. The Morgan fingerprint density at radius 1 is 1.13 bits per heavy atom. The number of amides is 1. The summed E-state index contributed by atoms with van der Waals surface area (Å²) in [6.45, 7) is 14.8. The molecule has 0 aliphatic carbocycles. The van der Waals surface area contributed by atoms with Crippen LogP contribution in [0.4, 0.5) is 0 Å². The number of carbonyl (C=O) groups is 1. The summed E-state index contributed by atoms with van der Waals surface area (Å²) in [7, 11) is 1.86. The van der Waals surface area contributed by atoms with Crippen molar-refractivity contribution < 1.29 is 4.79 Å². The van der Waals surface area contributed by atoms with Crippen LogP contribution in [0.25, 0.3) is 5.70 Å². The minimum Gasteiger partial charge on any atom is -0.358 e. The lowest BCUT2D eigenvalue weighted by molar-refractivity contribution is -0.139. The summed E-state index contributed by atoms with van der Waals surface area (Å²) in [5, 5.41) is 0. The second-order valence-electron chi connectivity index (χ2n) is 8.44. The number of aryl methyl sites for hydroxylation is 1. The number of aromatic nitrogens is 1. The van der Waals surface area contributed by atoms with Crippen LogP contribution in [-0.2, 0) is 4.79 Å². The fourth-order valence-electron chi connectivity index (χ4n) is 3.06. The van der Waals surface area contributed by atoms with Crippen LogP contribution < -0.4 is 0 Å². The van der Waals surface area contributed by atoms with Crippen molar-refractivity contribution in [1.82, 2.24) is 14.8 Å². The Bertz CT molecular complexity index is 635. The van der Waals surface area contributed by atoms with Crippen molar-refractivity contribution in [3.63, 3.8) is 0 Å².